The molecule has 1 aromatic carbocycles. The average Bonchev–Trinajstić information content (AvgIpc) is 2.56. The van der Waals surface area contributed by atoms with E-state index in [4.69, 9.17) is 5.73 Å². The summed E-state index contributed by atoms with van der Waals surface area (Å²) in [6.45, 7) is 10.5. The van der Waals surface area contributed by atoms with Crippen molar-refractivity contribution in [1.82, 2.24) is 10.2 Å². The zero-order valence-electron chi connectivity index (χ0n) is 15.6. The molecule has 1 aromatic rings. The fraction of sp³-hybridized carbons (Fsp3) is 0.650. The molecule has 1 saturated heterocycles. The van der Waals surface area contributed by atoms with Crippen molar-refractivity contribution >= 4 is 5.96 Å². The number of nitrogens with one attached hydrogen (secondary N) is 1. The fourth-order valence-electron chi connectivity index (χ4n) is 3.19. The van der Waals surface area contributed by atoms with Crippen LogP contribution in [-0.4, -0.2) is 30.0 Å². The molecule has 1 unspecified atom stereocenters. The maximum absolute atomic E-state index is 5.99. The molecule has 1 heterocycles. The van der Waals surface area contributed by atoms with Gasteiger partial charge in [0.25, 0.3) is 0 Å². The summed E-state index contributed by atoms with van der Waals surface area (Å²) in [5.74, 6) is 1.23. The Bertz CT molecular complexity index is 524. The molecule has 24 heavy (non-hydrogen) atoms. The molecule has 0 aromatic heterocycles. The van der Waals surface area contributed by atoms with Crippen molar-refractivity contribution < 1.29 is 0 Å². The van der Waals surface area contributed by atoms with E-state index in [9.17, 15) is 0 Å². The van der Waals surface area contributed by atoms with Gasteiger partial charge in [0.15, 0.2) is 5.96 Å². The minimum absolute atomic E-state index is 0.553. The Hall–Kier alpha value is -1.55. The number of rotatable bonds is 7. The van der Waals surface area contributed by atoms with Gasteiger partial charge in [-0.05, 0) is 49.8 Å². The number of guanidine groups is 1. The molecule has 1 aliphatic heterocycles. The molecule has 4 heteroatoms. The molecule has 0 radical (unpaired) electrons. The highest BCUT2D eigenvalue weighted by Gasteiger charge is 2.18. The Morgan fingerprint density at radius 2 is 2.04 bits per heavy atom. The first-order valence-electron chi connectivity index (χ1n) is 9.41. The zero-order chi connectivity index (χ0) is 17.4. The maximum Gasteiger partial charge on any atom is 0.188 e. The van der Waals surface area contributed by atoms with Gasteiger partial charge in [0.05, 0.1) is 6.54 Å². The lowest BCUT2D eigenvalue weighted by molar-refractivity contribution is 0.152. The molecule has 0 amide bonds. The van der Waals surface area contributed by atoms with E-state index >= 15 is 0 Å². The van der Waals surface area contributed by atoms with Gasteiger partial charge in [0, 0.05) is 19.1 Å². The smallest absolute Gasteiger partial charge is 0.188 e. The Kier molecular flexibility index (Phi) is 7.57. The highest BCUT2D eigenvalue weighted by molar-refractivity contribution is 5.77. The molecule has 134 valence electrons. The number of nitrogens with zero attached hydrogens (tertiary/aromatic N) is 2. The number of nitrogens with two attached hydrogens (primary N) is 1. The minimum atomic E-state index is 0.553. The van der Waals surface area contributed by atoms with Crippen molar-refractivity contribution in [2.45, 2.75) is 65.6 Å². The third-order valence-corrected chi connectivity index (χ3v) is 4.88. The van der Waals surface area contributed by atoms with Crippen molar-refractivity contribution in [2.24, 2.45) is 16.6 Å². The highest BCUT2D eigenvalue weighted by atomic mass is 15.2. The summed E-state index contributed by atoms with van der Waals surface area (Å²) in [5.41, 5.74) is 8.65. The lowest BCUT2D eigenvalue weighted by Crippen LogP contribution is -2.37. The molecule has 4 nitrogen and oxygen atoms in total. The third-order valence-electron chi connectivity index (χ3n) is 4.88. The Morgan fingerprint density at radius 3 is 2.75 bits per heavy atom. The summed E-state index contributed by atoms with van der Waals surface area (Å²) < 4.78 is 0. The molecule has 0 bridgehead atoms. The van der Waals surface area contributed by atoms with Crippen molar-refractivity contribution in [1.29, 1.82) is 0 Å². The van der Waals surface area contributed by atoms with E-state index < -0.39 is 0 Å². The van der Waals surface area contributed by atoms with Gasteiger partial charge in [-0.15, -0.1) is 0 Å². The lowest BCUT2D eigenvalue weighted by Gasteiger charge is -2.33. The first kappa shape index (κ1) is 18.8. The van der Waals surface area contributed by atoms with Crippen LogP contribution in [0.2, 0.25) is 0 Å². The number of hydrogen-bond donors (Lipinski definition) is 2. The van der Waals surface area contributed by atoms with Gasteiger partial charge in [-0.2, -0.15) is 0 Å². The largest absolute Gasteiger partial charge is 0.370 e. The second-order valence-corrected chi connectivity index (χ2v) is 7.39. The summed E-state index contributed by atoms with van der Waals surface area (Å²) in [4.78, 5) is 7.12. The van der Waals surface area contributed by atoms with Gasteiger partial charge in [-0.1, -0.05) is 44.5 Å². The molecule has 2 rings (SSSR count). The highest BCUT2D eigenvalue weighted by Crippen LogP contribution is 2.21. The van der Waals surface area contributed by atoms with Gasteiger partial charge < -0.3 is 11.1 Å². The third kappa shape index (κ3) is 6.16. The molecule has 1 fully saturated rings. The van der Waals surface area contributed by atoms with Gasteiger partial charge in [-0.25, -0.2) is 4.99 Å². The molecule has 1 atom stereocenters. The fourth-order valence-corrected chi connectivity index (χ4v) is 3.19. The standard InChI is InChI=1S/C20H34N4/c1-16(2)11-12-22-20(21)23-14-18-9-4-5-10-19(18)15-24-13-7-6-8-17(24)3/h4-5,9-10,16-17H,6-8,11-15H2,1-3H3,(H3,21,22,23). The minimum Gasteiger partial charge on any atom is -0.370 e. The predicted octanol–water partition coefficient (Wildman–Crippen LogP) is 3.51. The van der Waals surface area contributed by atoms with Crippen molar-refractivity contribution in [2.75, 3.05) is 13.1 Å². The number of hydrogen-bond acceptors (Lipinski definition) is 2. The second-order valence-electron chi connectivity index (χ2n) is 7.39. The summed E-state index contributed by atoms with van der Waals surface area (Å²) in [7, 11) is 0. The van der Waals surface area contributed by atoms with Crippen LogP contribution < -0.4 is 11.1 Å². The molecule has 0 saturated carbocycles. The Morgan fingerprint density at radius 1 is 1.29 bits per heavy atom. The van der Waals surface area contributed by atoms with Gasteiger partial charge >= 0.3 is 0 Å². The van der Waals surface area contributed by atoms with Crippen LogP contribution in [0.25, 0.3) is 0 Å². The number of aliphatic imine (C=N–C) groups is 1. The van der Waals surface area contributed by atoms with E-state index in [0.29, 0.717) is 24.5 Å². The number of benzene rings is 1. The first-order valence-corrected chi connectivity index (χ1v) is 9.41. The Balaban J connectivity index is 1.93. The normalized spacial score (nSPS) is 19.7. The van der Waals surface area contributed by atoms with Crippen molar-refractivity contribution in [3.63, 3.8) is 0 Å². The number of piperidine rings is 1. The van der Waals surface area contributed by atoms with Crippen LogP contribution in [0.3, 0.4) is 0 Å². The van der Waals surface area contributed by atoms with Crippen LogP contribution in [0.4, 0.5) is 0 Å². The number of likely N-dealkylation sites (tertiary alicyclic amines) is 1. The molecule has 0 spiro atoms. The molecular weight excluding hydrogens is 296 g/mol. The van der Waals surface area contributed by atoms with E-state index in [1.165, 1.54) is 36.9 Å². The summed E-state index contributed by atoms with van der Waals surface area (Å²) in [5, 5.41) is 3.21. The zero-order valence-corrected chi connectivity index (χ0v) is 15.6. The van der Waals surface area contributed by atoms with Crippen LogP contribution >= 0.6 is 0 Å². The summed E-state index contributed by atoms with van der Waals surface area (Å²) in [6.07, 6.45) is 5.10. The van der Waals surface area contributed by atoms with Crippen LogP contribution in [0.15, 0.2) is 29.3 Å². The van der Waals surface area contributed by atoms with E-state index in [0.717, 1.165) is 19.5 Å². The quantitative estimate of drug-likeness (QED) is 0.594. The van der Waals surface area contributed by atoms with Crippen molar-refractivity contribution in [3.8, 4) is 0 Å². The van der Waals surface area contributed by atoms with Crippen LogP contribution in [0.5, 0.6) is 0 Å². The van der Waals surface area contributed by atoms with Crippen LogP contribution in [0, 0.1) is 5.92 Å². The second kappa shape index (κ2) is 9.67. The molecule has 3 N–H and O–H groups in total. The monoisotopic (exact) mass is 330 g/mol. The van der Waals surface area contributed by atoms with Crippen LogP contribution in [-0.2, 0) is 13.1 Å². The molecular formula is C20H34N4. The van der Waals surface area contributed by atoms with Gasteiger partial charge in [-0.3, -0.25) is 4.90 Å². The summed E-state index contributed by atoms with van der Waals surface area (Å²) in [6, 6.07) is 9.30. The van der Waals surface area contributed by atoms with E-state index in [1.54, 1.807) is 0 Å². The maximum atomic E-state index is 5.99. The Labute approximate surface area is 147 Å². The van der Waals surface area contributed by atoms with Crippen LogP contribution in [0.1, 0.15) is 57.6 Å². The first-order chi connectivity index (χ1) is 11.6. The van der Waals surface area contributed by atoms with E-state index in [-0.39, 0.29) is 0 Å². The lowest BCUT2D eigenvalue weighted by atomic mass is 10.0. The predicted molar refractivity (Wildman–Crippen MR) is 103 cm³/mol. The van der Waals surface area contributed by atoms with Gasteiger partial charge in [0.1, 0.15) is 0 Å². The van der Waals surface area contributed by atoms with Gasteiger partial charge in [0.2, 0.25) is 0 Å². The average molecular weight is 331 g/mol. The van der Waals surface area contributed by atoms with Crippen molar-refractivity contribution in [3.05, 3.63) is 35.4 Å². The SMILES string of the molecule is CC(C)CCNC(N)=NCc1ccccc1CN1CCCCC1C. The van der Waals surface area contributed by atoms with E-state index in [2.05, 4.69) is 60.2 Å². The van der Waals surface area contributed by atoms with E-state index in [1.807, 2.05) is 0 Å². The molecule has 1 aliphatic rings. The molecule has 0 aliphatic carbocycles. The summed E-state index contributed by atoms with van der Waals surface area (Å²) >= 11 is 0. The topological polar surface area (TPSA) is 53.6 Å².